The van der Waals surface area contributed by atoms with Gasteiger partial charge in [0.15, 0.2) is 0 Å². The summed E-state index contributed by atoms with van der Waals surface area (Å²) < 4.78 is 12.7. The van der Waals surface area contributed by atoms with Crippen molar-refractivity contribution in [1.29, 1.82) is 0 Å². The number of esters is 1. The molecule has 210 valence electrons. The molecule has 4 heterocycles. The Morgan fingerprint density at radius 2 is 1.80 bits per heavy atom. The second-order valence-electron chi connectivity index (χ2n) is 11.2. The highest BCUT2D eigenvalue weighted by molar-refractivity contribution is 6.06. The third kappa shape index (κ3) is 4.08. The molecule has 5 atom stereocenters. The van der Waals surface area contributed by atoms with Crippen LogP contribution in [0.5, 0.6) is 0 Å². The molecule has 0 aromatic heterocycles. The van der Waals surface area contributed by atoms with Gasteiger partial charge in [0.05, 0.1) is 12.5 Å². The molecule has 0 saturated carbocycles. The van der Waals surface area contributed by atoms with Gasteiger partial charge in [-0.15, -0.1) is 0 Å². The van der Waals surface area contributed by atoms with Crippen molar-refractivity contribution in [2.24, 2.45) is 11.8 Å². The van der Waals surface area contributed by atoms with Crippen molar-refractivity contribution in [2.75, 3.05) is 31.2 Å². The molecule has 2 fully saturated rings. The highest BCUT2D eigenvalue weighted by atomic mass is 16.6. The van der Waals surface area contributed by atoms with E-state index in [1.165, 1.54) is 4.90 Å². The van der Waals surface area contributed by atoms with E-state index in [1.807, 2.05) is 73.7 Å². The van der Waals surface area contributed by atoms with Crippen molar-refractivity contribution in [3.63, 3.8) is 0 Å². The first-order chi connectivity index (χ1) is 19.5. The molecule has 1 unspecified atom stereocenters. The van der Waals surface area contributed by atoms with Crippen molar-refractivity contribution in [2.45, 2.75) is 56.3 Å². The standard InChI is InChI=1S/C32H36N2O6/c1-2-31-15-7-3-4-8-20-39-30(38)26(31)25-28(36)34(18-10-19-35)27-29(37)33(17-9-16-32(25,27)40-31)24-14-13-22-11-5-6-12-23(22)21-24/h5-7,9,11-16,21,25-27,35H,2-4,8,10,17-20H2,1H3/b15-7-/t25-,26-,27?,31+,32-/m0/s1. The molecule has 6 rings (SSSR count). The second-order valence-corrected chi connectivity index (χ2v) is 11.2. The molecular weight excluding hydrogens is 508 g/mol. The van der Waals surface area contributed by atoms with Crippen LogP contribution in [0.2, 0.25) is 0 Å². The number of ether oxygens (including phenoxy) is 2. The number of fused-ring (bicyclic) bond motifs is 3. The number of aliphatic hydroxyl groups is 1. The van der Waals surface area contributed by atoms with Gasteiger partial charge in [-0.05, 0) is 55.0 Å². The van der Waals surface area contributed by atoms with Crippen LogP contribution in [0, 0.1) is 11.8 Å². The number of amides is 2. The summed E-state index contributed by atoms with van der Waals surface area (Å²) in [5.74, 6) is -2.82. The smallest absolute Gasteiger partial charge is 0.313 e. The van der Waals surface area contributed by atoms with E-state index < -0.39 is 35.0 Å². The van der Waals surface area contributed by atoms with Gasteiger partial charge in [0.1, 0.15) is 23.2 Å². The number of allylic oxidation sites excluding steroid dienone is 1. The Bertz CT molecular complexity index is 1390. The predicted molar refractivity (Wildman–Crippen MR) is 150 cm³/mol. The summed E-state index contributed by atoms with van der Waals surface area (Å²) in [5.41, 5.74) is -1.68. The van der Waals surface area contributed by atoms with E-state index in [2.05, 4.69) is 0 Å². The average Bonchev–Trinajstić information content (AvgIpc) is 3.32. The maximum Gasteiger partial charge on any atom is 0.313 e. The lowest BCUT2D eigenvalue weighted by atomic mass is 9.73. The Balaban J connectivity index is 1.48. The third-order valence-electron chi connectivity index (χ3n) is 8.98. The quantitative estimate of drug-likeness (QED) is 0.455. The Morgan fingerprint density at radius 1 is 0.975 bits per heavy atom. The molecule has 1 spiro atoms. The maximum absolute atomic E-state index is 14.6. The summed E-state index contributed by atoms with van der Waals surface area (Å²) in [6, 6.07) is 12.9. The zero-order valence-corrected chi connectivity index (χ0v) is 22.8. The number of carbonyl (C=O) groups excluding carboxylic acids is 3. The van der Waals surface area contributed by atoms with Crippen LogP contribution in [0.25, 0.3) is 10.8 Å². The molecule has 2 aromatic rings. The van der Waals surface area contributed by atoms with Gasteiger partial charge in [-0.2, -0.15) is 0 Å². The Morgan fingerprint density at radius 3 is 2.60 bits per heavy atom. The van der Waals surface area contributed by atoms with Crippen LogP contribution in [-0.4, -0.2) is 71.3 Å². The molecular formula is C32H36N2O6. The van der Waals surface area contributed by atoms with Crippen molar-refractivity contribution < 1.29 is 29.0 Å². The number of nitrogens with zero attached hydrogens (tertiary/aromatic N) is 2. The Hall–Kier alpha value is -3.49. The first-order valence-corrected chi connectivity index (χ1v) is 14.4. The third-order valence-corrected chi connectivity index (χ3v) is 8.98. The van der Waals surface area contributed by atoms with Crippen LogP contribution >= 0.6 is 0 Å². The lowest BCUT2D eigenvalue weighted by Crippen LogP contribution is -2.56. The molecule has 4 aliphatic rings. The topological polar surface area (TPSA) is 96.4 Å². The largest absolute Gasteiger partial charge is 0.465 e. The van der Waals surface area contributed by atoms with Crippen molar-refractivity contribution >= 4 is 34.2 Å². The van der Waals surface area contributed by atoms with Crippen LogP contribution in [0.3, 0.4) is 0 Å². The van der Waals surface area contributed by atoms with Crippen LogP contribution in [0.4, 0.5) is 5.69 Å². The zero-order valence-electron chi connectivity index (χ0n) is 22.8. The fraction of sp³-hybridized carbons (Fsp3) is 0.469. The summed E-state index contributed by atoms with van der Waals surface area (Å²) in [7, 11) is 0. The highest BCUT2D eigenvalue weighted by Crippen LogP contribution is 2.58. The molecule has 0 radical (unpaired) electrons. The highest BCUT2D eigenvalue weighted by Gasteiger charge is 2.75. The van der Waals surface area contributed by atoms with Gasteiger partial charge in [-0.25, -0.2) is 0 Å². The summed E-state index contributed by atoms with van der Waals surface area (Å²) in [4.78, 5) is 45.7. The van der Waals surface area contributed by atoms with Gasteiger partial charge in [0, 0.05) is 25.4 Å². The number of aliphatic hydroxyl groups excluding tert-OH is 1. The normalized spacial score (nSPS) is 32.9. The van der Waals surface area contributed by atoms with E-state index in [-0.39, 0.29) is 25.0 Å². The summed E-state index contributed by atoms with van der Waals surface area (Å²) in [5, 5.41) is 11.7. The molecule has 2 aromatic carbocycles. The van der Waals surface area contributed by atoms with Crippen LogP contribution < -0.4 is 4.90 Å². The Kier molecular flexibility index (Phi) is 7.00. The number of likely N-dealkylation sites (tertiary alicyclic amines) is 1. The molecule has 0 bridgehead atoms. The number of hydrogen-bond donors (Lipinski definition) is 1. The fourth-order valence-corrected chi connectivity index (χ4v) is 7.10. The van der Waals surface area contributed by atoms with E-state index in [4.69, 9.17) is 9.47 Å². The zero-order chi connectivity index (χ0) is 27.9. The van der Waals surface area contributed by atoms with E-state index in [0.717, 1.165) is 35.7 Å². The summed E-state index contributed by atoms with van der Waals surface area (Å²) >= 11 is 0. The minimum Gasteiger partial charge on any atom is -0.465 e. The minimum absolute atomic E-state index is 0.124. The van der Waals surface area contributed by atoms with Gasteiger partial charge in [-0.1, -0.05) is 61.6 Å². The molecule has 2 saturated heterocycles. The van der Waals surface area contributed by atoms with E-state index in [0.29, 0.717) is 26.0 Å². The van der Waals surface area contributed by atoms with Gasteiger partial charge >= 0.3 is 5.97 Å². The van der Waals surface area contributed by atoms with Gasteiger partial charge in [0.25, 0.3) is 5.91 Å². The number of carbonyl (C=O) groups is 3. The van der Waals surface area contributed by atoms with E-state index in [1.54, 1.807) is 4.90 Å². The summed E-state index contributed by atoms with van der Waals surface area (Å²) in [6.07, 6.45) is 10.9. The van der Waals surface area contributed by atoms with Crippen LogP contribution in [0.15, 0.2) is 66.8 Å². The van der Waals surface area contributed by atoms with E-state index in [9.17, 15) is 19.5 Å². The molecule has 40 heavy (non-hydrogen) atoms. The second kappa shape index (κ2) is 10.5. The summed E-state index contributed by atoms with van der Waals surface area (Å²) in [6.45, 7) is 2.60. The molecule has 1 N–H and O–H groups in total. The average molecular weight is 545 g/mol. The van der Waals surface area contributed by atoms with Crippen LogP contribution in [0.1, 0.15) is 39.0 Å². The van der Waals surface area contributed by atoms with Crippen LogP contribution in [-0.2, 0) is 23.9 Å². The lowest BCUT2D eigenvalue weighted by molar-refractivity contribution is -0.160. The number of benzene rings is 2. The van der Waals surface area contributed by atoms with Crippen molar-refractivity contribution in [3.05, 3.63) is 66.8 Å². The first-order valence-electron chi connectivity index (χ1n) is 14.4. The number of anilines is 1. The molecule has 8 heteroatoms. The fourth-order valence-electron chi connectivity index (χ4n) is 7.10. The van der Waals surface area contributed by atoms with Gasteiger partial charge in [-0.3, -0.25) is 14.4 Å². The molecule has 2 amide bonds. The monoisotopic (exact) mass is 544 g/mol. The van der Waals surface area contributed by atoms with Gasteiger partial charge < -0.3 is 24.4 Å². The molecule has 8 nitrogen and oxygen atoms in total. The predicted octanol–water partition coefficient (Wildman–Crippen LogP) is 3.77. The first kappa shape index (κ1) is 26.7. The maximum atomic E-state index is 14.6. The van der Waals surface area contributed by atoms with Gasteiger partial charge in [0.2, 0.25) is 5.91 Å². The SMILES string of the molecule is CC[C@@]12/C=C\CCCCOC(=O)[C@@H]1[C@H]1C(=O)N(CCCO)C3C(=O)N(c4ccc5ccccc5c4)CC=C[C@@]31O2. The Labute approximate surface area is 234 Å². The number of cyclic esters (lactones) is 1. The minimum atomic E-state index is -1.34. The molecule has 0 aliphatic carbocycles. The number of hydrogen-bond acceptors (Lipinski definition) is 6. The number of rotatable bonds is 5. The van der Waals surface area contributed by atoms with Crippen molar-refractivity contribution in [1.82, 2.24) is 4.90 Å². The van der Waals surface area contributed by atoms with Crippen molar-refractivity contribution in [3.8, 4) is 0 Å². The molecule has 4 aliphatic heterocycles. The van der Waals surface area contributed by atoms with E-state index >= 15 is 0 Å². The lowest BCUT2D eigenvalue weighted by Gasteiger charge is -2.38.